The van der Waals surface area contributed by atoms with Crippen LogP contribution >= 0.6 is 0 Å². The summed E-state index contributed by atoms with van der Waals surface area (Å²) in [5.74, 6) is -1.97. The van der Waals surface area contributed by atoms with E-state index in [0.717, 1.165) is 12.2 Å². The molecule has 1 aromatic heterocycles. The minimum absolute atomic E-state index is 0.184. The summed E-state index contributed by atoms with van der Waals surface area (Å²) in [6.45, 7) is 2.35. The average Bonchev–Trinajstić information content (AvgIpc) is 3.17. The van der Waals surface area contributed by atoms with E-state index < -0.39 is 33.8 Å². The number of pyridine rings is 1. The van der Waals surface area contributed by atoms with E-state index in [1.54, 1.807) is 12.1 Å². The van der Waals surface area contributed by atoms with Gasteiger partial charge in [0.1, 0.15) is 0 Å². The van der Waals surface area contributed by atoms with Crippen molar-refractivity contribution in [2.24, 2.45) is 5.92 Å². The third-order valence-corrected chi connectivity index (χ3v) is 7.17. The molecule has 2 N–H and O–H groups in total. The first kappa shape index (κ1) is 25.3. The molecule has 0 saturated heterocycles. The molecule has 1 aliphatic heterocycles. The number of nitrogens with one attached hydrogen (secondary N) is 1. The Morgan fingerprint density at radius 3 is 2.31 bits per heavy atom. The molecule has 4 rings (SSSR count). The first-order valence-electron chi connectivity index (χ1n) is 11.5. The molecule has 10 nitrogen and oxygen atoms in total. The van der Waals surface area contributed by atoms with Crippen LogP contribution in [0.2, 0.25) is 0 Å². The zero-order chi connectivity index (χ0) is 26.0. The minimum Gasteiger partial charge on any atom is -0.340 e. The standard InChI is InChI=1S/C25H25N3O7S/c1-2-16(25(32)26-28-22(29)12-13-23(28)30)7-5-6-14-27-20-9-4-3-8-18(20)24(31)19-15-17(36(33,34)35)10-11-21(19)27/h3-4,8-13,15-16H,2,5-7,14H2,1H3,(H,26,32)(H,33,34,35). The van der Waals surface area contributed by atoms with Gasteiger partial charge in [0.15, 0.2) is 5.43 Å². The Hall–Kier alpha value is -3.83. The lowest BCUT2D eigenvalue weighted by Crippen LogP contribution is -2.48. The summed E-state index contributed by atoms with van der Waals surface area (Å²) in [4.78, 5) is 48.7. The number of hydrogen-bond acceptors (Lipinski definition) is 6. The highest BCUT2D eigenvalue weighted by atomic mass is 32.2. The van der Waals surface area contributed by atoms with Crippen molar-refractivity contribution in [1.82, 2.24) is 15.0 Å². The molecule has 0 radical (unpaired) electrons. The number of carbonyl (C=O) groups is 3. The van der Waals surface area contributed by atoms with Gasteiger partial charge in [-0.05, 0) is 49.6 Å². The average molecular weight is 512 g/mol. The highest BCUT2D eigenvalue weighted by molar-refractivity contribution is 7.85. The Kier molecular flexibility index (Phi) is 7.04. The normalized spacial score (nSPS) is 14.7. The number of aryl methyl sites for hydroxylation is 1. The fraction of sp³-hybridized carbons (Fsp3) is 0.280. The summed E-state index contributed by atoms with van der Waals surface area (Å²) in [5, 5.41) is 1.31. The SMILES string of the molecule is CCC(CCCCn1c2ccccc2c(=O)c2cc(S(=O)(=O)O)ccc21)C(=O)NN1C(=O)C=CC1=O. The van der Waals surface area contributed by atoms with Crippen LogP contribution in [0, 0.1) is 5.92 Å². The molecular weight excluding hydrogens is 486 g/mol. The molecule has 1 aliphatic rings. The second-order valence-electron chi connectivity index (χ2n) is 8.57. The zero-order valence-corrected chi connectivity index (χ0v) is 20.3. The number of hydrogen-bond donors (Lipinski definition) is 2. The van der Waals surface area contributed by atoms with Crippen molar-refractivity contribution in [2.75, 3.05) is 0 Å². The fourth-order valence-electron chi connectivity index (χ4n) is 4.40. The Labute approximate surface area is 206 Å². The Bertz CT molecular complexity index is 1560. The topological polar surface area (TPSA) is 143 Å². The second-order valence-corrected chi connectivity index (χ2v) is 10.00. The lowest BCUT2D eigenvalue weighted by Gasteiger charge is -2.20. The van der Waals surface area contributed by atoms with Crippen molar-refractivity contribution in [2.45, 2.75) is 44.0 Å². The van der Waals surface area contributed by atoms with Crippen LogP contribution in [-0.4, -0.2) is 40.3 Å². The van der Waals surface area contributed by atoms with Crippen molar-refractivity contribution < 1.29 is 27.4 Å². The van der Waals surface area contributed by atoms with Gasteiger partial charge in [0, 0.05) is 35.4 Å². The van der Waals surface area contributed by atoms with Crippen LogP contribution in [0.25, 0.3) is 21.8 Å². The van der Waals surface area contributed by atoms with Crippen molar-refractivity contribution in [1.29, 1.82) is 0 Å². The van der Waals surface area contributed by atoms with E-state index in [0.29, 0.717) is 53.7 Å². The fourth-order valence-corrected chi connectivity index (χ4v) is 4.91. The predicted molar refractivity (Wildman–Crippen MR) is 132 cm³/mol. The number of imide groups is 1. The quantitative estimate of drug-likeness (QED) is 0.194. The summed E-state index contributed by atoms with van der Waals surface area (Å²) >= 11 is 0. The maximum atomic E-state index is 13.1. The van der Waals surface area contributed by atoms with Crippen LogP contribution in [0.1, 0.15) is 32.6 Å². The van der Waals surface area contributed by atoms with Crippen LogP contribution in [0.4, 0.5) is 0 Å². The van der Waals surface area contributed by atoms with E-state index in [1.165, 1.54) is 18.2 Å². The number of para-hydroxylation sites is 1. The molecule has 3 aromatic rings. The van der Waals surface area contributed by atoms with Gasteiger partial charge in [0.2, 0.25) is 5.91 Å². The molecule has 0 saturated carbocycles. The predicted octanol–water partition coefficient (Wildman–Crippen LogP) is 2.55. The number of benzene rings is 2. The third kappa shape index (κ3) is 4.93. The Morgan fingerprint density at radius 2 is 1.64 bits per heavy atom. The number of nitrogens with zero attached hydrogens (tertiary/aromatic N) is 2. The largest absolute Gasteiger partial charge is 0.340 e. The van der Waals surface area contributed by atoms with E-state index in [4.69, 9.17) is 0 Å². The Balaban J connectivity index is 1.53. The number of aromatic nitrogens is 1. The van der Waals surface area contributed by atoms with E-state index in [-0.39, 0.29) is 15.7 Å². The Morgan fingerprint density at radius 1 is 0.972 bits per heavy atom. The molecule has 11 heteroatoms. The molecule has 1 atom stereocenters. The molecule has 0 aliphatic carbocycles. The molecule has 2 heterocycles. The van der Waals surface area contributed by atoms with Gasteiger partial charge >= 0.3 is 0 Å². The monoisotopic (exact) mass is 511 g/mol. The molecule has 36 heavy (non-hydrogen) atoms. The maximum absolute atomic E-state index is 13.1. The molecule has 3 amide bonds. The summed E-state index contributed by atoms with van der Waals surface area (Å²) < 4.78 is 34.6. The summed E-state index contributed by atoms with van der Waals surface area (Å²) in [6.07, 6.45) is 4.54. The van der Waals surface area contributed by atoms with Gasteiger partial charge < -0.3 is 4.57 Å². The van der Waals surface area contributed by atoms with Crippen molar-refractivity contribution in [3.8, 4) is 0 Å². The zero-order valence-electron chi connectivity index (χ0n) is 19.5. The summed E-state index contributed by atoms with van der Waals surface area (Å²) in [6, 6.07) is 11.0. The van der Waals surface area contributed by atoms with Crippen molar-refractivity contribution >= 4 is 49.6 Å². The summed E-state index contributed by atoms with van der Waals surface area (Å²) in [5.41, 5.74) is 3.28. The smallest absolute Gasteiger partial charge is 0.294 e. The van der Waals surface area contributed by atoms with Crippen LogP contribution in [-0.2, 0) is 31.0 Å². The summed E-state index contributed by atoms with van der Waals surface area (Å²) in [7, 11) is -4.47. The van der Waals surface area contributed by atoms with Gasteiger partial charge in [-0.1, -0.05) is 25.5 Å². The van der Waals surface area contributed by atoms with Gasteiger partial charge in [0.05, 0.1) is 15.9 Å². The number of carbonyl (C=O) groups excluding carboxylic acids is 3. The first-order valence-corrected chi connectivity index (χ1v) is 12.9. The van der Waals surface area contributed by atoms with E-state index in [1.807, 2.05) is 23.6 Å². The van der Waals surface area contributed by atoms with E-state index >= 15 is 0 Å². The molecule has 1 unspecified atom stereocenters. The molecule has 188 valence electrons. The maximum Gasteiger partial charge on any atom is 0.294 e. The first-order chi connectivity index (χ1) is 17.1. The van der Waals surface area contributed by atoms with Gasteiger partial charge in [0.25, 0.3) is 21.9 Å². The van der Waals surface area contributed by atoms with Crippen LogP contribution in [0.5, 0.6) is 0 Å². The second kappa shape index (κ2) is 10.0. The van der Waals surface area contributed by atoms with Crippen LogP contribution in [0.3, 0.4) is 0 Å². The number of amides is 3. The van der Waals surface area contributed by atoms with Crippen LogP contribution in [0.15, 0.2) is 64.3 Å². The molecule has 0 fully saturated rings. The molecule has 2 aromatic carbocycles. The lowest BCUT2D eigenvalue weighted by atomic mass is 9.98. The van der Waals surface area contributed by atoms with Crippen LogP contribution < -0.4 is 10.9 Å². The minimum atomic E-state index is -4.47. The number of hydrazine groups is 1. The third-order valence-electron chi connectivity index (χ3n) is 6.32. The molecule has 0 bridgehead atoms. The lowest BCUT2D eigenvalue weighted by molar-refractivity contribution is -0.148. The van der Waals surface area contributed by atoms with Crippen molar-refractivity contribution in [3.63, 3.8) is 0 Å². The number of unbranched alkanes of at least 4 members (excludes halogenated alkanes) is 1. The van der Waals surface area contributed by atoms with E-state index in [2.05, 4.69) is 5.43 Å². The highest BCUT2D eigenvalue weighted by Crippen LogP contribution is 2.23. The van der Waals surface area contributed by atoms with Gasteiger partial charge in [-0.2, -0.15) is 13.4 Å². The molecule has 0 spiro atoms. The van der Waals surface area contributed by atoms with Crippen molar-refractivity contribution in [3.05, 3.63) is 64.8 Å². The van der Waals surface area contributed by atoms with Gasteiger partial charge in [-0.15, -0.1) is 0 Å². The highest BCUT2D eigenvalue weighted by Gasteiger charge is 2.27. The van der Waals surface area contributed by atoms with Gasteiger partial charge in [-0.3, -0.25) is 29.2 Å². The van der Waals surface area contributed by atoms with Gasteiger partial charge in [-0.25, -0.2) is 0 Å². The molecular formula is C25H25N3O7S. The number of fused-ring (bicyclic) bond motifs is 2. The van der Waals surface area contributed by atoms with E-state index in [9.17, 15) is 32.1 Å². The number of rotatable bonds is 9.